The maximum Gasteiger partial charge on any atom is 0.222 e. The van der Waals surface area contributed by atoms with Crippen molar-refractivity contribution in [3.63, 3.8) is 0 Å². The van der Waals surface area contributed by atoms with Gasteiger partial charge in [0.25, 0.3) is 0 Å². The van der Waals surface area contributed by atoms with Gasteiger partial charge in [-0.1, -0.05) is 6.07 Å². The van der Waals surface area contributed by atoms with E-state index in [-0.39, 0.29) is 0 Å². The summed E-state index contributed by atoms with van der Waals surface area (Å²) in [6.45, 7) is 2.76. The summed E-state index contributed by atoms with van der Waals surface area (Å²) < 4.78 is 5.12. The summed E-state index contributed by atoms with van der Waals surface area (Å²) in [4.78, 5) is 15.8. The lowest BCUT2D eigenvalue weighted by molar-refractivity contribution is -0.133. The highest BCUT2D eigenvalue weighted by molar-refractivity contribution is 7.09. The van der Waals surface area contributed by atoms with Crippen LogP contribution in [0.5, 0.6) is 0 Å². The zero-order valence-corrected chi connectivity index (χ0v) is 13.9. The Morgan fingerprint density at radius 1 is 1.48 bits per heavy atom. The van der Waals surface area contributed by atoms with Gasteiger partial charge in [0.15, 0.2) is 0 Å². The third kappa shape index (κ3) is 5.79. The van der Waals surface area contributed by atoms with Crippen LogP contribution in [-0.4, -0.2) is 37.6 Å². The summed E-state index contributed by atoms with van der Waals surface area (Å²) in [6, 6.07) is 4.24. The Bertz CT molecular complexity index is 405. The lowest BCUT2D eigenvalue weighted by atomic mass is 9.93. The topological polar surface area (TPSA) is 29.5 Å². The molecule has 0 aliphatic carbocycles. The number of carbonyl (C=O) groups excluding carboxylic acids is 1. The quantitative estimate of drug-likeness (QED) is 0.685. The van der Waals surface area contributed by atoms with Gasteiger partial charge in [-0.15, -0.1) is 11.3 Å². The van der Waals surface area contributed by atoms with Crippen LogP contribution in [-0.2, 0) is 16.0 Å². The van der Waals surface area contributed by atoms with E-state index in [2.05, 4.69) is 22.4 Å². The molecule has 1 saturated heterocycles. The number of likely N-dealkylation sites (tertiary alicyclic amines) is 1. The molecule has 0 bridgehead atoms. The van der Waals surface area contributed by atoms with E-state index in [1.807, 2.05) is 0 Å². The largest absolute Gasteiger partial charge is 0.385 e. The van der Waals surface area contributed by atoms with Crippen molar-refractivity contribution in [2.45, 2.75) is 44.9 Å². The number of thiophene rings is 1. The van der Waals surface area contributed by atoms with Gasteiger partial charge in [-0.2, -0.15) is 0 Å². The summed E-state index contributed by atoms with van der Waals surface area (Å²) in [5, 5.41) is 2.10. The predicted molar refractivity (Wildman–Crippen MR) is 87.7 cm³/mol. The van der Waals surface area contributed by atoms with E-state index < -0.39 is 0 Å². The summed E-state index contributed by atoms with van der Waals surface area (Å²) in [7, 11) is 1.75. The Kier molecular flexibility index (Phi) is 7.24. The van der Waals surface area contributed by atoms with E-state index in [0.29, 0.717) is 18.2 Å². The number of rotatable bonds is 8. The lowest BCUT2D eigenvalue weighted by Crippen LogP contribution is -2.39. The highest BCUT2D eigenvalue weighted by Crippen LogP contribution is 2.22. The maximum atomic E-state index is 12.3. The minimum atomic E-state index is 0.350. The molecule has 1 amide bonds. The summed E-state index contributed by atoms with van der Waals surface area (Å²) >= 11 is 1.79. The molecule has 1 aliphatic rings. The van der Waals surface area contributed by atoms with E-state index in [0.717, 1.165) is 45.4 Å². The van der Waals surface area contributed by atoms with Crippen LogP contribution in [0.4, 0.5) is 0 Å². The van der Waals surface area contributed by atoms with Gasteiger partial charge in [0.2, 0.25) is 5.91 Å². The van der Waals surface area contributed by atoms with E-state index in [1.54, 1.807) is 18.4 Å². The van der Waals surface area contributed by atoms with Gasteiger partial charge in [-0.3, -0.25) is 4.79 Å². The Labute approximate surface area is 132 Å². The first-order chi connectivity index (χ1) is 10.3. The number of ether oxygens (including phenoxy) is 1. The molecule has 1 fully saturated rings. The van der Waals surface area contributed by atoms with E-state index in [4.69, 9.17) is 4.74 Å². The maximum absolute atomic E-state index is 12.3. The SMILES string of the molecule is COCCC[C@@H]1CCCN(C(=O)CCCc2cccs2)C1. The normalized spacial score (nSPS) is 18.9. The number of carbonyl (C=O) groups is 1. The minimum Gasteiger partial charge on any atom is -0.385 e. The van der Waals surface area contributed by atoms with Crippen LogP contribution < -0.4 is 0 Å². The molecule has 4 heteroatoms. The van der Waals surface area contributed by atoms with Gasteiger partial charge in [0.1, 0.15) is 0 Å². The van der Waals surface area contributed by atoms with E-state index >= 15 is 0 Å². The molecule has 2 rings (SSSR count). The van der Waals surface area contributed by atoms with Gasteiger partial charge in [-0.05, 0) is 55.9 Å². The molecule has 3 nitrogen and oxygen atoms in total. The standard InChI is InChI=1S/C17H27NO2S/c1-20-12-4-7-15-6-3-11-18(14-15)17(19)10-2-8-16-9-5-13-21-16/h5,9,13,15H,2-4,6-8,10-12,14H2,1H3/t15-/m0/s1. The number of nitrogens with zero attached hydrogens (tertiary/aromatic N) is 1. The van der Waals surface area contributed by atoms with Crippen LogP contribution in [0, 0.1) is 5.92 Å². The molecule has 0 radical (unpaired) electrons. The second-order valence-corrected chi connectivity index (χ2v) is 6.95. The first-order valence-electron chi connectivity index (χ1n) is 8.08. The van der Waals surface area contributed by atoms with Crippen molar-refractivity contribution in [2.75, 3.05) is 26.8 Å². The highest BCUT2D eigenvalue weighted by atomic mass is 32.1. The Balaban J connectivity index is 1.66. The van der Waals surface area contributed by atoms with Crippen molar-refractivity contribution in [1.29, 1.82) is 0 Å². The van der Waals surface area contributed by atoms with Crippen LogP contribution in [0.1, 0.15) is 43.4 Å². The zero-order chi connectivity index (χ0) is 14.9. The van der Waals surface area contributed by atoms with Crippen molar-refractivity contribution in [2.24, 2.45) is 5.92 Å². The molecule has 2 heterocycles. The van der Waals surface area contributed by atoms with Crippen molar-refractivity contribution in [3.05, 3.63) is 22.4 Å². The van der Waals surface area contributed by atoms with Crippen LogP contribution in [0.15, 0.2) is 17.5 Å². The van der Waals surface area contributed by atoms with Crippen LogP contribution in [0.25, 0.3) is 0 Å². The molecule has 118 valence electrons. The molecular formula is C17H27NO2S. The fourth-order valence-corrected chi connectivity index (χ4v) is 3.82. The first-order valence-corrected chi connectivity index (χ1v) is 8.96. The Morgan fingerprint density at radius 3 is 3.14 bits per heavy atom. The number of aryl methyl sites for hydroxylation is 1. The van der Waals surface area contributed by atoms with Crippen LogP contribution >= 0.6 is 11.3 Å². The zero-order valence-electron chi connectivity index (χ0n) is 13.1. The van der Waals surface area contributed by atoms with E-state index in [9.17, 15) is 4.79 Å². The molecule has 0 N–H and O–H groups in total. The number of methoxy groups -OCH3 is 1. The van der Waals surface area contributed by atoms with Crippen LogP contribution in [0.3, 0.4) is 0 Å². The average molecular weight is 309 g/mol. The van der Waals surface area contributed by atoms with E-state index in [1.165, 1.54) is 17.7 Å². The fourth-order valence-electron chi connectivity index (χ4n) is 3.07. The Morgan fingerprint density at radius 2 is 2.38 bits per heavy atom. The lowest BCUT2D eigenvalue weighted by Gasteiger charge is -2.33. The second kappa shape index (κ2) is 9.21. The van der Waals surface area contributed by atoms with Gasteiger partial charge in [-0.25, -0.2) is 0 Å². The van der Waals surface area contributed by atoms with Crippen molar-refractivity contribution in [1.82, 2.24) is 4.90 Å². The van der Waals surface area contributed by atoms with Crippen molar-refractivity contribution >= 4 is 17.2 Å². The molecule has 1 aromatic heterocycles. The van der Waals surface area contributed by atoms with Gasteiger partial charge < -0.3 is 9.64 Å². The fraction of sp³-hybridized carbons (Fsp3) is 0.706. The van der Waals surface area contributed by atoms with Crippen LogP contribution in [0.2, 0.25) is 0 Å². The smallest absolute Gasteiger partial charge is 0.222 e. The minimum absolute atomic E-state index is 0.350. The average Bonchev–Trinajstić information content (AvgIpc) is 3.01. The summed E-state index contributed by atoms with van der Waals surface area (Å²) in [5.41, 5.74) is 0. The molecule has 1 atom stereocenters. The highest BCUT2D eigenvalue weighted by Gasteiger charge is 2.22. The third-order valence-corrected chi connectivity index (χ3v) is 5.16. The van der Waals surface area contributed by atoms with Gasteiger partial charge in [0, 0.05) is 38.1 Å². The van der Waals surface area contributed by atoms with Gasteiger partial charge >= 0.3 is 0 Å². The predicted octanol–water partition coefficient (Wildman–Crippen LogP) is 3.74. The molecule has 21 heavy (non-hydrogen) atoms. The molecule has 0 unspecified atom stereocenters. The molecule has 0 spiro atoms. The van der Waals surface area contributed by atoms with Crippen molar-refractivity contribution in [3.8, 4) is 0 Å². The number of piperidine rings is 1. The number of hydrogen-bond donors (Lipinski definition) is 0. The molecule has 0 saturated carbocycles. The third-order valence-electron chi connectivity index (χ3n) is 4.23. The summed E-state index contributed by atoms with van der Waals surface area (Å²) in [5.74, 6) is 1.03. The molecular weight excluding hydrogens is 282 g/mol. The monoisotopic (exact) mass is 309 g/mol. The molecule has 1 aromatic rings. The van der Waals surface area contributed by atoms with Crippen molar-refractivity contribution < 1.29 is 9.53 Å². The number of amides is 1. The first kappa shape index (κ1) is 16.5. The second-order valence-electron chi connectivity index (χ2n) is 5.92. The Hall–Kier alpha value is -0.870. The van der Waals surface area contributed by atoms with Gasteiger partial charge in [0.05, 0.1) is 0 Å². The molecule has 0 aromatic carbocycles. The molecule has 1 aliphatic heterocycles. The number of hydrogen-bond acceptors (Lipinski definition) is 3. The summed E-state index contributed by atoms with van der Waals surface area (Å²) in [6.07, 6.45) is 7.44.